The minimum atomic E-state index is 0.718. The average molecular weight is 207 g/mol. The Morgan fingerprint density at radius 3 is 3.13 bits per heavy atom. The summed E-state index contributed by atoms with van der Waals surface area (Å²) in [5.41, 5.74) is 0.944. The van der Waals surface area contributed by atoms with Crippen molar-refractivity contribution < 1.29 is 4.52 Å². The third-order valence-corrected chi connectivity index (χ3v) is 2.52. The lowest BCUT2D eigenvalue weighted by molar-refractivity contribution is 0.390. The minimum absolute atomic E-state index is 0.718. The molecule has 4 heteroatoms. The summed E-state index contributed by atoms with van der Waals surface area (Å²) in [6.45, 7) is 3.58. The fourth-order valence-corrected chi connectivity index (χ4v) is 1.71. The monoisotopic (exact) mass is 207 g/mol. The van der Waals surface area contributed by atoms with Crippen molar-refractivity contribution >= 4 is 5.84 Å². The van der Waals surface area contributed by atoms with Crippen molar-refractivity contribution in [3.8, 4) is 0 Å². The molecule has 15 heavy (non-hydrogen) atoms. The Balaban J connectivity index is 1.84. The molecule has 0 aromatic carbocycles. The highest BCUT2D eigenvalue weighted by atomic mass is 16.5. The summed E-state index contributed by atoms with van der Waals surface area (Å²) in [6, 6.07) is 1.95. The highest BCUT2D eigenvalue weighted by Gasteiger charge is 2.05. The molecule has 1 aliphatic heterocycles. The Morgan fingerprint density at radius 2 is 2.33 bits per heavy atom. The molecule has 0 aliphatic carbocycles. The maximum absolute atomic E-state index is 5.00. The van der Waals surface area contributed by atoms with Crippen molar-refractivity contribution in [3.05, 3.63) is 17.5 Å². The molecular weight excluding hydrogens is 190 g/mol. The van der Waals surface area contributed by atoms with Crippen molar-refractivity contribution in [2.45, 2.75) is 39.2 Å². The lowest BCUT2D eigenvalue weighted by Crippen LogP contribution is -2.22. The number of amidine groups is 1. The first-order valence-corrected chi connectivity index (χ1v) is 5.54. The van der Waals surface area contributed by atoms with Crippen molar-refractivity contribution in [1.29, 1.82) is 0 Å². The third kappa shape index (κ3) is 3.08. The summed E-state index contributed by atoms with van der Waals surface area (Å²) in [6.07, 6.45) is 4.81. The Hall–Kier alpha value is -1.32. The van der Waals surface area contributed by atoms with E-state index in [1.165, 1.54) is 19.3 Å². The topological polar surface area (TPSA) is 50.4 Å². The highest BCUT2D eigenvalue weighted by Crippen LogP contribution is 2.07. The number of aliphatic imine (C=N–C) groups is 1. The standard InChI is InChI=1S/C11H17N3O/c1-9-7-10(14-15-9)8-13-11-5-3-2-4-6-12-11/h7H,2-6,8H2,1H3,(H,12,13). The average Bonchev–Trinajstić information content (AvgIpc) is 2.52. The summed E-state index contributed by atoms with van der Waals surface area (Å²) >= 11 is 0. The molecule has 0 unspecified atom stereocenters. The molecule has 0 atom stereocenters. The molecule has 0 bridgehead atoms. The summed E-state index contributed by atoms with van der Waals surface area (Å²) in [5.74, 6) is 1.97. The first-order chi connectivity index (χ1) is 7.34. The van der Waals surface area contributed by atoms with Gasteiger partial charge in [-0.15, -0.1) is 0 Å². The summed E-state index contributed by atoms with van der Waals surface area (Å²) in [7, 11) is 0. The van der Waals surface area contributed by atoms with Gasteiger partial charge >= 0.3 is 0 Å². The van der Waals surface area contributed by atoms with Crippen LogP contribution in [0.3, 0.4) is 0 Å². The van der Waals surface area contributed by atoms with Crippen molar-refractivity contribution in [2.75, 3.05) is 6.54 Å². The summed E-state index contributed by atoms with van der Waals surface area (Å²) in [5, 5.41) is 7.25. The number of aromatic nitrogens is 1. The third-order valence-electron chi connectivity index (χ3n) is 2.52. The Kier molecular flexibility index (Phi) is 3.37. The SMILES string of the molecule is Cc1cc(CNC2=NCCCCC2)no1. The molecule has 1 aromatic rings. The second kappa shape index (κ2) is 4.96. The number of hydrogen-bond donors (Lipinski definition) is 1. The molecule has 1 aliphatic rings. The zero-order valence-electron chi connectivity index (χ0n) is 9.12. The molecule has 1 N–H and O–H groups in total. The van der Waals surface area contributed by atoms with Crippen LogP contribution < -0.4 is 5.32 Å². The van der Waals surface area contributed by atoms with Gasteiger partial charge in [0, 0.05) is 19.0 Å². The molecule has 2 rings (SSSR count). The van der Waals surface area contributed by atoms with Gasteiger partial charge in [-0.2, -0.15) is 0 Å². The fraction of sp³-hybridized carbons (Fsp3) is 0.636. The van der Waals surface area contributed by atoms with Gasteiger partial charge in [0.1, 0.15) is 11.5 Å². The smallest absolute Gasteiger partial charge is 0.133 e. The summed E-state index contributed by atoms with van der Waals surface area (Å²) in [4.78, 5) is 4.49. The minimum Gasteiger partial charge on any atom is -0.368 e. The number of nitrogens with one attached hydrogen (secondary N) is 1. The second-order valence-electron chi connectivity index (χ2n) is 3.92. The number of rotatable bonds is 2. The molecule has 0 saturated heterocycles. The Morgan fingerprint density at radius 1 is 1.40 bits per heavy atom. The van der Waals surface area contributed by atoms with Crippen molar-refractivity contribution in [2.24, 2.45) is 4.99 Å². The molecule has 0 amide bonds. The Labute approximate surface area is 89.8 Å². The fourth-order valence-electron chi connectivity index (χ4n) is 1.71. The van der Waals surface area contributed by atoms with Crippen molar-refractivity contribution in [3.63, 3.8) is 0 Å². The Bertz CT molecular complexity index is 343. The lowest BCUT2D eigenvalue weighted by atomic mass is 10.2. The van der Waals surface area contributed by atoms with Crippen LogP contribution >= 0.6 is 0 Å². The van der Waals surface area contributed by atoms with Gasteiger partial charge in [0.25, 0.3) is 0 Å². The van der Waals surface area contributed by atoms with Gasteiger partial charge in [0.05, 0.1) is 12.4 Å². The van der Waals surface area contributed by atoms with E-state index in [1.807, 2.05) is 13.0 Å². The van der Waals surface area contributed by atoms with E-state index >= 15 is 0 Å². The first-order valence-electron chi connectivity index (χ1n) is 5.54. The van der Waals surface area contributed by atoms with E-state index in [4.69, 9.17) is 4.52 Å². The summed E-state index contributed by atoms with van der Waals surface area (Å²) < 4.78 is 5.00. The maximum Gasteiger partial charge on any atom is 0.133 e. The van der Waals surface area contributed by atoms with E-state index in [2.05, 4.69) is 15.5 Å². The van der Waals surface area contributed by atoms with Gasteiger partial charge < -0.3 is 9.84 Å². The van der Waals surface area contributed by atoms with E-state index in [1.54, 1.807) is 0 Å². The van der Waals surface area contributed by atoms with Crippen LogP contribution in [0.15, 0.2) is 15.6 Å². The largest absolute Gasteiger partial charge is 0.368 e. The zero-order chi connectivity index (χ0) is 10.5. The van der Waals surface area contributed by atoms with Gasteiger partial charge in [-0.05, 0) is 19.8 Å². The number of aryl methyl sites for hydroxylation is 1. The van der Waals surface area contributed by atoms with Gasteiger partial charge in [-0.1, -0.05) is 11.6 Å². The van der Waals surface area contributed by atoms with Gasteiger partial charge in [0.2, 0.25) is 0 Å². The predicted octanol–water partition coefficient (Wildman–Crippen LogP) is 2.05. The van der Waals surface area contributed by atoms with Crippen LogP contribution in [0.1, 0.15) is 37.1 Å². The molecule has 0 spiro atoms. The van der Waals surface area contributed by atoms with E-state index in [0.29, 0.717) is 0 Å². The first kappa shape index (κ1) is 10.2. The number of nitrogens with zero attached hydrogens (tertiary/aromatic N) is 2. The number of hydrogen-bond acceptors (Lipinski definition) is 4. The van der Waals surface area contributed by atoms with Gasteiger partial charge in [-0.25, -0.2) is 0 Å². The van der Waals surface area contributed by atoms with E-state index < -0.39 is 0 Å². The van der Waals surface area contributed by atoms with Crippen LogP contribution in [0, 0.1) is 6.92 Å². The molecule has 0 saturated carbocycles. The van der Waals surface area contributed by atoms with E-state index in [9.17, 15) is 0 Å². The van der Waals surface area contributed by atoms with Crippen LogP contribution in [0.25, 0.3) is 0 Å². The van der Waals surface area contributed by atoms with Crippen LogP contribution in [0.4, 0.5) is 0 Å². The maximum atomic E-state index is 5.00. The van der Waals surface area contributed by atoms with Crippen molar-refractivity contribution in [1.82, 2.24) is 10.5 Å². The van der Waals surface area contributed by atoms with Crippen LogP contribution in [-0.2, 0) is 6.54 Å². The van der Waals surface area contributed by atoms with Crippen LogP contribution in [0.5, 0.6) is 0 Å². The van der Waals surface area contributed by atoms with Gasteiger partial charge in [0.15, 0.2) is 0 Å². The van der Waals surface area contributed by atoms with E-state index in [0.717, 1.165) is 36.8 Å². The molecular formula is C11H17N3O. The van der Waals surface area contributed by atoms with Crippen LogP contribution in [-0.4, -0.2) is 17.5 Å². The van der Waals surface area contributed by atoms with E-state index in [-0.39, 0.29) is 0 Å². The highest BCUT2D eigenvalue weighted by molar-refractivity contribution is 5.82. The zero-order valence-corrected chi connectivity index (χ0v) is 9.12. The second-order valence-corrected chi connectivity index (χ2v) is 3.92. The molecule has 1 aromatic heterocycles. The molecule has 0 fully saturated rings. The molecule has 0 radical (unpaired) electrons. The quantitative estimate of drug-likeness (QED) is 0.807. The van der Waals surface area contributed by atoms with Gasteiger partial charge in [-0.3, -0.25) is 4.99 Å². The molecule has 4 nitrogen and oxygen atoms in total. The lowest BCUT2D eigenvalue weighted by Gasteiger charge is -2.05. The molecule has 2 heterocycles. The van der Waals surface area contributed by atoms with Crippen LogP contribution in [0.2, 0.25) is 0 Å². The molecule has 82 valence electrons. The predicted molar refractivity (Wildman–Crippen MR) is 58.8 cm³/mol. The normalized spacial score (nSPS) is 17.0.